The number of nitrogens with two attached hydrogens (primary N) is 1. The number of carbonyl (C=O) groups excluding carboxylic acids is 1. The molecule has 6 heteroatoms. The molecule has 0 spiro atoms. The van der Waals surface area contributed by atoms with E-state index in [0.29, 0.717) is 11.7 Å². The molecule has 2 rings (SSSR count). The molecular formula is C11H16N4O2. The molecule has 1 aliphatic carbocycles. The fourth-order valence-corrected chi connectivity index (χ4v) is 1.71. The Morgan fingerprint density at radius 1 is 1.71 bits per heavy atom. The summed E-state index contributed by atoms with van der Waals surface area (Å²) in [7, 11) is 0. The minimum Gasteiger partial charge on any atom is -0.370 e. The lowest BCUT2D eigenvalue weighted by Crippen LogP contribution is -2.25. The highest BCUT2D eigenvalue weighted by Crippen LogP contribution is 2.37. The summed E-state index contributed by atoms with van der Waals surface area (Å²) >= 11 is 0. The third-order valence-corrected chi connectivity index (χ3v) is 2.63. The molecule has 92 valence electrons. The molecule has 17 heavy (non-hydrogen) atoms. The van der Waals surface area contributed by atoms with Gasteiger partial charge in [0.2, 0.25) is 5.91 Å². The summed E-state index contributed by atoms with van der Waals surface area (Å²) in [5.74, 6) is 1.24. The fourth-order valence-electron chi connectivity index (χ4n) is 1.71. The first-order valence-electron chi connectivity index (χ1n) is 5.70. The quantitative estimate of drug-likeness (QED) is 0.685. The molecular weight excluding hydrogens is 220 g/mol. The van der Waals surface area contributed by atoms with Gasteiger partial charge in [0.15, 0.2) is 0 Å². The molecule has 0 aliphatic heterocycles. The van der Waals surface area contributed by atoms with Crippen molar-refractivity contribution in [2.45, 2.75) is 38.1 Å². The molecule has 1 atom stereocenters. The van der Waals surface area contributed by atoms with Crippen molar-refractivity contribution >= 4 is 11.7 Å². The van der Waals surface area contributed by atoms with Crippen LogP contribution in [0, 0.1) is 0 Å². The minimum atomic E-state index is -0.378. The van der Waals surface area contributed by atoms with Crippen molar-refractivity contribution in [2.75, 3.05) is 5.32 Å². The summed E-state index contributed by atoms with van der Waals surface area (Å²) in [6.07, 6.45) is 2.36. The molecule has 4 N–H and O–H groups in total. The van der Waals surface area contributed by atoms with Gasteiger partial charge in [0.1, 0.15) is 11.6 Å². The number of nitrogens with zero attached hydrogens (tertiary/aromatic N) is 1. The number of H-pyrrole nitrogens is 1. The van der Waals surface area contributed by atoms with E-state index in [2.05, 4.69) is 15.3 Å². The summed E-state index contributed by atoms with van der Waals surface area (Å²) in [5, 5.41) is 3.01. The molecule has 0 aromatic carbocycles. The number of anilines is 1. The van der Waals surface area contributed by atoms with Crippen LogP contribution in [0.15, 0.2) is 10.9 Å². The van der Waals surface area contributed by atoms with Gasteiger partial charge in [-0.2, -0.15) is 0 Å². The molecule has 1 heterocycles. The molecule has 1 aromatic heterocycles. The fraction of sp³-hybridized carbons (Fsp3) is 0.545. The molecule has 1 fully saturated rings. The Balaban J connectivity index is 2.09. The number of amides is 1. The third-order valence-electron chi connectivity index (χ3n) is 2.63. The Kier molecular flexibility index (Phi) is 3.12. The van der Waals surface area contributed by atoms with Gasteiger partial charge >= 0.3 is 0 Å². The highest BCUT2D eigenvalue weighted by atomic mass is 16.1. The molecule has 1 unspecified atom stereocenters. The number of rotatable bonds is 5. The zero-order chi connectivity index (χ0) is 12.4. The van der Waals surface area contributed by atoms with E-state index >= 15 is 0 Å². The van der Waals surface area contributed by atoms with Gasteiger partial charge in [-0.1, -0.05) is 0 Å². The van der Waals surface area contributed by atoms with E-state index in [9.17, 15) is 9.59 Å². The van der Waals surface area contributed by atoms with Crippen molar-refractivity contribution in [1.82, 2.24) is 9.97 Å². The van der Waals surface area contributed by atoms with Gasteiger partial charge in [0.25, 0.3) is 5.56 Å². The van der Waals surface area contributed by atoms with Crippen molar-refractivity contribution < 1.29 is 4.79 Å². The molecule has 6 nitrogen and oxygen atoms in total. The number of nitrogens with one attached hydrogen (secondary N) is 2. The average Bonchev–Trinajstić information content (AvgIpc) is 2.97. The van der Waals surface area contributed by atoms with Gasteiger partial charge in [-0.05, 0) is 19.8 Å². The Labute approximate surface area is 98.6 Å². The van der Waals surface area contributed by atoms with E-state index in [-0.39, 0.29) is 23.9 Å². The van der Waals surface area contributed by atoms with E-state index < -0.39 is 0 Å². The van der Waals surface area contributed by atoms with Crippen LogP contribution in [0.1, 0.15) is 37.9 Å². The lowest BCUT2D eigenvalue weighted by Gasteiger charge is -2.12. The second-order valence-corrected chi connectivity index (χ2v) is 4.51. The highest BCUT2D eigenvalue weighted by molar-refractivity contribution is 5.74. The van der Waals surface area contributed by atoms with E-state index in [1.165, 1.54) is 6.07 Å². The summed E-state index contributed by atoms with van der Waals surface area (Å²) in [4.78, 5) is 29.2. The Morgan fingerprint density at radius 2 is 2.41 bits per heavy atom. The van der Waals surface area contributed by atoms with Gasteiger partial charge in [-0.3, -0.25) is 9.59 Å². The SMILES string of the molecule is CC(CC(N)=O)Nc1cc(=O)[nH]c(C2CC2)n1. The van der Waals surface area contributed by atoms with Gasteiger partial charge in [0.05, 0.1) is 0 Å². The van der Waals surface area contributed by atoms with Crippen LogP contribution in [0.25, 0.3) is 0 Å². The van der Waals surface area contributed by atoms with Crippen LogP contribution < -0.4 is 16.6 Å². The highest BCUT2D eigenvalue weighted by Gasteiger charge is 2.26. The third kappa shape index (κ3) is 3.30. The topological polar surface area (TPSA) is 101 Å². The number of hydrogen-bond acceptors (Lipinski definition) is 4. The zero-order valence-electron chi connectivity index (χ0n) is 9.69. The van der Waals surface area contributed by atoms with Gasteiger partial charge in [0, 0.05) is 24.4 Å². The summed E-state index contributed by atoms with van der Waals surface area (Å²) in [6.45, 7) is 1.82. The van der Waals surface area contributed by atoms with Crippen LogP contribution in [0.3, 0.4) is 0 Å². The second kappa shape index (κ2) is 4.57. The number of primary amides is 1. The van der Waals surface area contributed by atoms with Crippen LogP contribution in [0.4, 0.5) is 5.82 Å². The Morgan fingerprint density at radius 3 is 3.00 bits per heavy atom. The molecule has 0 saturated heterocycles. The molecule has 0 bridgehead atoms. The maximum absolute atomic E-state index is 11.4. The van der Waals surface area contributed by atoms with Crippen molar-refractivity contribution in [1.29, 1.82) is 0 Å². The molecule has 1 aromatic rings. The predicted molar refractivity (Wildman–Crippen MR) is 63.7 cm³/mol. The van der Waals surface area contributed by atoms with Crippen molar-refractivity contribution in [2.24, 2.45) is 5.73 Å². The number of aromatic nitrogens is 2. The summed E-state index contributed by atoms with van der Waals surface area (Å²) in [5.41, 5.74) is 4.93. The van der Waals surface area contributed by atoms with Gasteiger partial charge < -0.3 is 16.0 Å². The first-order valence-corrected chi connectivity index (χ1v) is 5.70. The zero-order valence-corrected chi connectivity index (χ0v) is 9.69. The van der Waals surface area contributed by atoms with Crippen LogP contribution in [-0.4, -0.2) is 21.9 Å². The Bertz CT molecular complexity index is 479. The summed E-state index contributed by atoms with van der Waals surface area (Å²) in [6, 6.07) is 1.26. The number of aromatic amines is 1. The van der Waals surface area contributed by atoms with Crippen molar-refractivity contribution in [3.8, 4) is 0 Å². The molecule has 0 radical (unpaired) electrons. The Hall–Kier alpha value is -1.85. The van der Waals surface area contributed by atoms with Crippen molar-refractivity contribution in [3.63, 3.8) is 0 Å². The van der Waals surface area contributed by atoms with Crippen LogP contribution in [0.5, 0.6) is 0 Å². The second-order valence-electron chi connectivity index (χ2n) is 4.51. The van der Waals surface area contributed by atoms with Crippen LogP contribution in [-0.2, 0) is 4.79 Å². The number of hydrogen-bond donors (Lipinski definition) is 3. The molecule has 1 amide bonds. The van der Waals surface area contributed by atoms with Gasteiger partial charge in [-0.15, -0.1) is 0 Å². The predicted octanol–water partition coefficient (Wildman–Crippen LogP) is 0.323. The standard InChI is InChI=1S/C11H16N4O2/c1-6(4-8(12)16)13-9-5-10(17)15-11(14-9)7-2-3-7/h5-7H,2-4H2,1H3,(H2,12,16)(H2,13,14,15,17). The minimum absolute atomic E-state index is 0.131. The maximum Gasteiger partial charge on any atom is 0.252 e. The number of carbonyl (C=O) groups is 1. The lowest BCUT2D eigenvalue weighted by atomic mass is 10.2. The molecule has 1 saturated carbocycles. The maximum atomic E-state index is 11.4. The van der Waals surface area contributed by atoms with Gasteiger partial charge in [-0.25, -0.2) is 4.98 Å². The van der Waals surface area contributed by atoms with E-state index in [1.54, 1.807) is 0 Å². The largest absolute Gasteiger partial charge is 0.370 e. The van der Waals surface area contributed by atoms with E-state index in [1.807, 2.05) is 6.92 Å². The normalized spacial score (nSPS) is 16.5. The summed E-state index contributed by atoms with van der Waals surface area (Å²) < 4.78 is 0. The van der Waals surface area contributed by atoms with Crippen LogP contribution in [0.2, 0.25) is 0 Å². The average molecular weight is 236 g/mol. The van der Waals surface area contributed by atoms with Crippen LogP contribution >= 0.6 is 0 Å². The van der Waals surface area contributed by atoms with E-state index in [4.69, 9.17) is 5.73 Å². The molecule has 1 aliphatic rings. The lowest BCUT2D eigenvalue weighted by molar-refractivity contribution is -0.118. The smallest absolute Gasteiger partial charge is 0.252 e. The van der Waals surface area contributed by atoms with Crippen molar-refractivity contribution in [3.05, 3.63) is 22.2 Å². The van der Waals surface area contributed by atoms with E-state index in [0.717, 1.165) is 18.7 Å². The monoisotopic (exact) mass is 236 g/mol. The first kappa shape index (κ1) is 11.6. The first-order chi connectivity index (χ1) is 8.04.